The molecule has 204 valence electrons. The second-order valence-corrected chi connectivity index (χ2v) is 8.21. The molecule has 4 aromatic rings. The van der Waals surface area contributed by atoms with Gasteiger partial charge in [0.25, 0.3) is 0 Å². The van der Waals surface area contributed by atoms with Crippen LogP contribution in [-0.2, 0) is 26.4 Å². The number of nitrogens with one attached hydrogen (secondary N) is 4. The monoisotopic (exact) mass is 571 g/mol. The predicted octanol–water partition coefficient (Wildman–Crippen LogP) is 6.63. The van der Waals surface area contributed by atoms with E-state index in [0.717, 1.165) is 22.3 Å². The predicted molar refractivity (Wildman–Crippen MR) is 151 cm³/mol. The van der Waals surface area contributed by atoms with Crippen LogP contribution in [0.25, 0.3) is 22.9 Å². The summed E-state index contributed by atoms with van der Waals surface area (Å²) in [6.45, 7) is 0. The zero-order valence-electron chi connectivity index (χ0n) is 21.0. The summed E-state index contributed by atoms with van der Waals surface area (Å²) in [6.07, 6.45) is 0. The first-order valence-corrected chi connectivity index (χ1v) is 11.8. The van der Waals surface area contributed by atoms with Gasteiger partial charge in [0.1, 0.15) is 0 Å². The van der Waals surface area contributed by atoms with Gasteiger partial charge in [-0.3, -0.25) is 0 Å². The summed E-state index contributed by atoms with van der Waals surface area (Å²) in [5.74, 6) is -2.93. The van der Waals surface area contributed by atoms with E-state index in [1.54, 1.807) is 0 Å². The molecule has 0 fully saturated rings. The van der Waals surface area contributed by atoms with Gasteiger partial charge in [0, 0.05) is 0 Å². The van der Waals surface area contributed by atoms with Gasteiger partial charge < -0.3 is 33.1 Å². The molecular formula is C30H32CoN4O4+. The number of hydrogen-bond acceptors (Lipinski definition) is 2. The average Bonchev–Trinajstić information content (AvgIpc) is 2.98. The van der Waals surface area contributed by atoms with Gasteiger partial charge in [-0.25, -0.2) is 0 Å². The third-order valence-electron chi connectivity index (χ3n) is 5.51. The summed E-state index contributed by atoms with van der Waals surface area (Å²) in [6, 6.07) is 36.1. The van der Waals surface area contributed by atoms with Crippen LogP contribution in [0, 0.1) is 0 Å². The van der Waals surface area contributed by atoms with E-state index in [2.05, 4.69) is 0 Å². The van der Waals surface area contributed by atoms with Crippen molar-refractivity contribution in [3.8, 4) is 0 Å². The van der Waals surface area contributed by atoms with Crippen molar-refractivity contribution < 1.29 is 36.6 Å². The van der Waals surface area contributed by atoms with E-state index in [1.165, 1.54) is 0 Å². The molecule has 4 aromatic carbocycles. The Kier molecular flexibility index (Phi) is 15.0. The SMILES string of the molecule is O=C([OH2+])C(=O)[OH2+].[Co+3].[NH-]C(c1ccccc1)C([NH-])c1ccccc1.[NH-]C(c1ccccc1)C([NH-])c1ccccc1. The Hall–Kier alpha value is -3.83. The molecule has 9 heteroatoms. The summed E-state index contributed by atoms with van der Waals surface area (Å²) in [5, 5.41) is 11.7. The van der Waals surface area contributed by atoms with E-state index in [0.29, 0.717) is 0 Å². The molecule has 0 saturated heterocycles. The van der Waals surface area contributed by atoms with Crippen molar-refractivity contribution >= 4 is 11.9 Å². The fourth-order valence-electron chi connectivity index (χ4n) is 3.41. The number of carbonyl (C=O) groups is 2. The first-order chi connectivity index (χ1) is 18.2. The van der Waals surface area contributed by atoms with Gasteiger partial charge in [0.05, 0.1) is 9.59 Å². The molecule has 4 rings (SSSR count). The minimum atomic E-state index is -1.46. The van der Waals surface area contributed by atoms with Crippen LogP contribution in [0.3, 0.4) is 0 Å². The second-order valence-electron chi connectivity index (χ2n) is 8.21. The molecule has 0 aliphatic rings. The van der Waals surface area contributed by atoms with Crippen LogP contribution in [0.15, 0.2) is 121 Å². The van der Waals surface area contributed by atoms with Gasteiger partial charge >= 0.3 is 28.7 Å². The van der Waals surface area contributed by atoms with Crippen LogP contribution in [0.4, 0.5) is 0 Å². The molecule has 0 saturated carbocycles. The van der Waals surface area contributed by atoms with Crippen molar-refractivity contribution in [3.63, 3.8) is 0 Å². The van der Waals surface area contributed by atoms with Gasteiger partial charge in [-0.05, 0) is 0 Å². The van der Waals surface area contributed by atoms with Gasteiger partial charge in [0.2, 0.25) is 0 Å². The maximum atomic E-state index is 9.27. The Bertz CT molecular complexity index is 1050. The quantitative estimate of drug-likeness (QED) is 0.187. The second kappa shape index (κ2) is 17.6. The Labute approximate surface area is 238 Å². The molecule has 0 radical (unpaired) electrons. The van der Waals surface area contributed by atoms with Crippen molar-refractivity contribution in [2.24, 2.45) is 0 Å². The van der Waals surface area contributed by atoms with Crippen LogP contribution < -0.4 is 0 Å². The minimum absolute atomic E-state index is 0. The number of rotatable bonds is 6. The normalized spacial score (nSPS) is 12.9. The molecule has 0 heterocycles. The van der Waals surface area contributed by atoms with Crippen LogP contribution in [0.5, 0.6) is 0 Å². The fourth-order valence-corrected chi connectivity index (χ4v) is 3.41. The van der Waals surface area contributed by atoms with Crippen molar-refractivity contribution in [2.75, 3.05) is 0 Å². The third-order valence-corrected chi connectivity index (χ3v) is 5.51. The Morgan fingerprint density at radius 2 is 0.564 bits per heavy atom. The molecule has 4 unspecified atom stereocenters. The van der Waals surface area contributed by atoms with Crippen LogP contribution in [0.1, 0.15) is 46.4 Å². The largest absolute Gasteiger partial charge is 3.00 e. The van der Waals surface area contributed by atoms with E-state index in [1.807, 2.05) is 121 Å². The van der Waals surface area contributed by atoms with Crippen molar-refractivity contribution in [3.05, 3.63) is 167 Å². The van der Waals surface area contributed by atoms with Crippen molar-refractivity contribution in [1.29, 1.82) is 0 Å². The molecule has 4 atom stereocenters. The van der Waals surface area contributed by atoms with E-state index in [9.17, 15) is 9.59 Å². The van der Waals surface area contributed by atoms with Gasteiger partial charge in [-0.15, -0.1) is 24.2 Å². The average molecular weight is 572 g/mol. The van der Waals surface area contributed by atoms with Crippen molar-refractivity contribution in [2.45, 2.75) is 24.2 Å². The van der Waals surface area contributed by atoms with Crippen LogP contribution >= 0.6 is 0 Å². The number of benzene rings is 4. The summed E-state index contributed by atoms with van der Waals surface area (Å²) in [7, 11) is 0. The van der Waals surface area contributed by atoms with Crippen LogP contribution in [0.2, 0.25) is 0 Å². The molecule has 0 bridgehead atoms. The topological polar surface area (TPSA) is 175 Å². The first kappa shape index (κ1) is 33.2. The van der Waals surface area contributed by atoms with E-state index < -0.39 is 36.1 Å². The van der Waals surface area contributed by atoms with E-state index in [-0.39, 0.29) is 16.8 Å². The Balaban J connectivity index is 0.000000318. The van der Waals surface area contributed by atoms with Crippen molar-refractivity contribution in [1.82, 2.24) is 0 Å². The Morgan fingerprint density at radius 1 is 0.410 bits per heavy atom. The molecule has 0 amide bonds. The van der Waals surface area contributed by atoms with Crippen LogP contribution in [-0.4, -0.2) is 22.2 Å². The molecule has 0 aliphatic carbocycles. The first-order valence-electron chi connectivity index (χ1n) is 11.8. The molecule has 8 nitrogen and oxygen atoms in total. The van der Waals surface area contributed by atoms with Gasteiger partial charge in [0.15, 0.2) is 0 Å². The molecular weight excluding hydrogens is 539 g/mol. The van der Waals surface area contributed by atoms with Gasteiger partial charge in [-0.2, -0.15) is 0 Å². The Morgan fingerprint density at radius 3 is 0.692 bits per heavy atom. The van der Waals surface area contributed by atoms with Gasteiger partial charge in [-0.1, -0.05) is 144 Å². The smallest absolute Gasteiger partial charge is 0.672 e. The summed E-state index contributed by atoms with van der Waals surface area (Å²) >= 11 is 0. The molecule has 39 heavy (non-hydrogen) atoms. The molecule has 0 aliphatic heterocycles. The fraction of sp³-hybridized carbons (Fsp3) is 0.133. The molecule has 0 aromatic heterocycles. The maximum absolute atomic E-state index is 9.27. The zero-order chi connectivity index (χ0) is 27.9. The molecule has 8 N–H and O–H groups in total. The van der Waals surface area contributed by atoms with E-state index in [4.69, 9.17) is 33.1 Å². The third kappa shape index (κ3) is 11.2. The summed E-state index contributed by atoms with van der Waals surface area (Å²) < 4.78 is 0. The standard InChI is InChI=1S/2C14H14N2.C2H2O4.Co/c2*15-13(11-7-3-1-4-8-11)14(16)12-9-5-2-6-10-12;3-1(4)2(5)6;/h2*1-10,13-16H;(H,3,4)(H,5,6);/q2*-2;;+3/p+2. The molecule has 0 spiro atoms. The summed E-state index contributed by atoms with van der Waals surface area (Å²) in [5.41, 5.74) is 35.9. The van der Waals surface area contributed by atoms with E-state index >= 15 is 0 Å². The maximum Gasteiger partial charge on any atom is 3.00 e. The number of carbonyl (C=O) groups excluding carboxylic acids is 2. The zero-order valence-corrected chi connectivity index (χ0v) is 22.0. The minimum Gasteiger partial charge on any atom is -0.672 e. The summed E-state index contributed by atoms with van der Waals surface area (Å²) in [4.78, 5) is 18.5. The number of hydrogen-bond donors (Lipinski definition) is 0.